The molecule has 0 unspecified atom stereocenters. The fraction of sp³-hybridized carbons (Fsp3) is 0.176. The largest absolute Gasteiger partial charge is 0.269 e. The summed E-state index contributed by atoms with van der Waals surface area (Å²) in [7, 11) is 1.91. The molecule has 1 aliphatic heterocycles. The summed E-state index contributed by atoms with van der Waals surface area (Å²) in [6, 6.07) is 9.92. The van der Waals surface area contributed by atoms with Crippen LogP contribution in [-0.2, 0) is 20.6 Å². The molecule has 0 aliphatic carbocycles. The van der Waals surface area contributed by atoms with Gasteiger partial charge in [0.1, 0.15) is 5.52 Å². The second-order valence-corrected chi connectivity index (χ2v) is 5.53. The van der Waals surface area contributed by atoms with Gasteiger partial charge in [-0.05, 0) is 17.7 Å². The molecular weight excluding hydrogens is 260 g/mol. The lowest BCUT2D eigenvalue weighted by Crippen LogP contribution is -2.31. The Hall–Kier alpha value is -2.62. The van der Waals surface area contributed by atoms with Gasteiger partial charge in [-0.1, -0.05) is 18.2 Å². The van der Waals surface area contributed by atoms with E-state index >= 15 is 0 Å². The second kappa shape index (κ2) is 3.52. The van der Waals surface area contributed by atoms with Crippen molar-refractivity contribution in [3.63, 3.8) is 0 Å². The van der Waals surface area contributed by atoms with Crippen LogP contribution < -0.4 is 4.57 Å². The van der Waals surface area contributed by atoms with E-state index in [1.54, 1.807) is 6.20 Å². The highest BCUT2D eigenvalue weighted by atomic mass is 15.2. The predicted octanol–water partition coefficient (Wildman–Crippen LogP) is 2.38. The van der Waals surface area contributed by atoms with Crippen LogP contribution >= 0.6 is 0 Å². The van der Waals surface area contributed by atoms with Crippen LogP contribution in [0, 0.1) is 0 Å². The van der Waals surface area contributed by atoms with Gasteiger partial charge in [-0.3, -0.25) is 9.55 Å². The molecule has 3 aromatic heterocycles. The van der Waals surface area contributed by atoms with Crippen molar-refractivity contribution in [2.24, 2.45) is 14.0 Å². The van der Waals surface area contributed by atoms with Crippen molar-refractivity contribution in [2.45, 2.75) is 6.54 Å². The van der Waals surface area contributed by atoms with E-state index in [0.717, 1.165) is 33.4 Å². The summed E-state index contributed by atoms with van der Waals surface area (Å²) < 4.78 is 29.9. The maximum Gasteiger partial charge on any atom is 0.269 e. The van der Waals surface area contributed by atoms with Crippen molar-refractivity contribution in [3.05, 3.63) is 48.3 Å². The zero-order valence-electron chi connectivity index (χ0n) is 14.5. The van der Waals surface area contributed by atoms with Gasteiger partial charge < -0.3 is 0 Å². The van der Waals surface area contributed by atoms with Gasteiger partial charge in [0.2, 0.25) is 5.82 Å². The molecule has 5 rings (SSSR count). The Morgan fingerprint density at radius 1 is 1.29 bits per heavy atom. The minimum absolute atomic E-state index is 0.680. The van der Waals surface area contributed by atoms with Crippen molar-refractivity contribution in [1.82, 2.24) is 14.1 Å². The molecular formula is C17H15N4+. The molecule has 4 aromatic rings. The number of rotatable bonds is 0. The fourth-order valence-corrected chi connectivity index (χ4v) is 3.57. The molecule has 0 atom stereocenters. The number of fused-ring (bicyclic) bond motifs is 7. The first kappa shape index (κ1) is 8.62. The zero-order valence-corrected chi connectivity index (χ0v) is 11.5. The number of aryl methyl sites for hydroxylation is 2. The third-order valence-corrected chi connectivity index (χ3v) is 4.48. The summed E-state index contributed by atoms with van der Waals surface area (Å²) >= 11 is 0. The van der Waals surface area contributed by atoms with Crippen LogP contribution in [0.1, 0.15) is 9.68 Å². The fourth-order valence-electron chi connectivity index (χ4n) is 3.57. The van der Waals surface area contributed by atoms with E-state index in [1.165, 1.54) is 4.57 Å². The first-order valence-corrected chi connectivity index (χ1v) is 6.94. The zero-order chi connectivity index (χ0) is 16.6. The van der Waals surface area contributed by atoms with Gasteiger partial charge in [0.15, 0.2) is 5.52 Å². The normalized spacial score (nSPS) is 15.8. The van der Waals surface area contributed by atoms with Crippen LogP contribution in [-0.4, -0.2) is 14.1 Å². The summed E-state index contributed by atoms with van der Waals surface area (Å²) in [5.41, 5.74) is 4.76. The van der Waals surface area contributed by atoms with Crippen LogP contribution in [0.2, 0.25) is 0 Å². The minimum atomic E-state index is -2.26. The molecule has 0 spiro atoms. The Balaban J connectivity index is 2.05. The van der Waals surface area contributed by atoms with Crippen molar-refractivity contribution >= 4 is 22.1 Å². The highest BCUT2D eigenvalue weighted by Gasteiger charge is 2.33. The van der Waals surface area contributed by atoms with Crippen molar-refractivity contribution < 1.29 is 8.68 Å². The Bertz CT molecular complexity index is 1130. The highest BCUT2D eigenvalue weighted by molar-refractivity contribution is 6.04. The Kier molecular flexibility index (Phi) is 1.45. The van der Waals surface area contributed by atoms with Crippen LogP contribution in [0.15, 0.2) is 42.7 Å². The van der Waals surface area contributed by atoms with Gasteiger partial charge in [0.05, 0.1) is 35.6 Å². The molecule has 0 bridgehead atoms. The standard InChI is InChI=1S/C17H15N4/c1-19-14-7-8-18-9-13(14)15-17(19)20(2)16-12-6-4-3-5-11(12)10-21(15)16/h3-9H,10H2,1-2H3/q+1/i2D3. The van der Waals surface area contributed by atoms with E-state index in [4.69, 9.17) is 4.11 Å². The van der Waals surface area contributed by atoms with Gasteiger partial charge >= 0.3 is 0 Å². The Morgan fingerprint density at radius 2 is 2.19 bits per heavy atom. The van der Waals surface area contributed by atoms with Gasteiger partial charge in [0, 0.05) is 12.4 Å². The number of imidazole rings is 1. The molecule has 102 valence electrons. The van der Waals surface area contributed by atoms with Crippen molar-refractivity contribution in [2.75, 3.05) is 0 Å². The van der Waals surface area contributed by atoms with E-state index < -0.39 is 6.98 Å². The molecule has 4 nitrogen and oxygen atoms in total. The maximum absolute atomic E-state index is 8.11. The molecule has 0 radical (unpaired) electrons. The van der Waals surface area contributed by atoms with Crippen LogP contribution in [0.5, 0.6) is 0 Å². The number of hydrogen-bond acceptors (Lipinski definition) is 1. The first-order valence-electron chi connectivity index (χ1n) is 8.44. The lowest BCUT2D eigenvalue weighted by molar-refractivity contribution is -0.636. The topological polar surface area (TPSA) is 26.6 Å². The predicted molar refractivity (Wildman–Crippen MR) is 81.9 cm³/mol. The van der Waals surface area contributed by atoms with Crippen molar-refractivity contribution in [3.8, 4) is 11.4 Å². The molecule has 21 heavy (non-hydrogen) atoms. The molecule has 0 amide bonds. The molecule has 4 heterocycles. The summed E-state index contributed by atoms with van der Waals surface area (Å²) in [4.78, 5) is 4.25. The molecule has 0 N–H and O–H groups in total. The SMILES string of the molecule is [2H]C([2H])([2H])[n+]1c2n(c3c4cnccc4n(C)c31)Cc1ccccc1-2. The molecule has 1 aliphatic rings. The van der Waals surface area contributed by atoms with Crippen LogP contribution in [0.4, 0.5) is 0 Å². The van der Waals surface area contributed by atoms with Crippen LogP contribution in [0.25, 0.3) is 33.5 Å². The van der Waals surface area contributed by atoms with Gasteiger partial charge in [-0.15, -0.1) is 0 Å². The quantitative estimate of drug-likeness (QED) is 0.399. The number of hydrogen-bond donors (Lipinski definition) is 0. The third kappa shape index (κ3) is 1.17. The Labute approximate surface area is 126 Å². The van der Waals surface area contributed by atoms with E-state index in [1.807, 2.05) is 42.1 Å². The van der Waals surface area contributed by atoms with E-state index in [0.29, 0.717) is 12.2 Å². The smallest absolute Gasteiger partial charge is 0.264 e. The number of pyridine rings is 1. The maximum atomic E-state index is 8.11. The van der Waals surface area contributed by atoms with Gasteiger partial charge in [-0.25, -0.2) is 9.13 Å². The average molecular weight is 278 g/mol. The molecule has 0 fully saturated rings. The second-order valence-electron chi connectivity index (χ2n) is 5.53. The summed E-state index contributed by atoms with van der Waals surface area (Å²) in [6.07, 6.45) is 3.55. The number of benzene rings is 1. The molecule has 0 saturated carbocycles. The van der Waals surface area contributed by atoms with E-state index in [2.05, 4.69) is 15.6 Å². The average Bonchev–Trinajstić information content (AvgIpc) is 3.15. The summed E-state index contributed by atoms with van der Waals surface area (Å²) in [6.45, 7) is -1.58. The number of nitrogens with zero attached hydrogens (tertiary/aromatic N) is 4. The summed E-state index contributed by atoms with van der Waals surface area (Å²) in [5.74, 6) is 0.747. The molecule has 1 aromatic carbocycles. The lowest BCUT2D eigenvalue weighted by atomic mass is 10.1. The summed E-state index contributed by atoms with van der Waals surface area (Å²) in [5, 5.41) is 0.979. The van der Waals surface area contributed by atoms with Gasteiger partial charge in [-0.2, -0.15) is 0 Å². The number of aromatic nitrogens is 4. The third-order valence-electron chi connectivity index (χ3n) is 4.48. The lowest BCUT2D eigenvalue weighted by Gasteiger charge is -1.98. The molecule has 4 heteroatoms. The van der Waals surface area contributed by atoms with E-state index in [9.17, 15) is 0 Å². The minimum Gasteiger partial charge on any atom is -0.264 e. The van der Waals surface area contributed by atoms with Crippen LogP contribution in [0.3, 0.4) is 0 Å². The van der Waals surface area contributed by atoms with Crippen molar-refractivity contribution in [1.29, 1.82) is 0 Å². The monoisotopic (exact) mass is 278 g/mol. The highest BCUT2D eigenvalue weighted by Crippen LogP contribution is 2.36. The van der Waals surface area contributed by atoms with Gasteiger partial charge in [0.25, 0.3) is 5.65 Å². The Morgan fingerprint density at radius 3 is 3.10 bits per heavy atom. The first-order chi connectivity index (χ1) is 11.5. The molecule has 0 saturated heterocycles. The van der Waals surface area contributed by atoms with E-state index in [-0.39, 0.29) is 0 Å².